The van der Waals surface area contributed by atoms with Gasteiger partial charge in [0.25, 0.3) is 0 Å². The molecule has 0 radical (unpaired) electrons. The summed E-state index contributed by atoms with van der Waals surface area (Å²) in [5.74, 6) is -1.50. The van der Waals surface area contributed by atoms with Gasteiger partial charge in [0.2, 0.25) is 0 Å². The van der Waals surface area contributed by atoms with Gasteiger partial charge in [-0.25, -0.2) is 0 Å². The van der Waals surface area contributed by atoms with E-state index >= 15 is 0 Å². The maximum absolute atomic E-state index is 11.4. The number of carboxylic acid groups (broad SMARTS) is 1. The third-order valence-corrected chi connectivity index (χ3v) is 4.73. The molecule has 0 bridgehead atoms. The van der Waals surface area contributed by atoms with E-state index in [9.17, 15) is 9.59 Å². The molecule has 0 heterocycles. The first-order chi connectivity index (χ1) is 12.6. The van der Waals surface area contributed by atoms with Crippen LogP contribution in [-0.4, -0.2) is 29.7 Å². The Labute approximate surface area is 160 Å². The molecule has 0 aromatic rings. The molecule has 0 aliphatic heterocycles. The number of aliphatic carboxylic acids is 1. The van der Waals surface area contributed by atoms with Gasteiger partial charge in [0.1, 0.15) is 12.6 Å². The third kappa shape index (κ3) is 17.7. The van der Waals surface area contributed by atoms with Crippen LogP contribution in [0.5, 0.6) is 0 Å². The van der Waals surface area contributed by atoms with Gasteiger partial charge in [-0.05, 0) is 6.42 Å². The van der Waals surface area contributed by atoms with Gasteiger partial charge in [0.15, 0.2) is 0 Å². The molecule has 0 aromatic carbocycles. The van der Waals surface area contributed by atoms with E-state index in [-0.39, 0.29) is 12.6 Å². The van der Waals surface area contributed by atoms with Crippen LogP contribution in [0.15, 0.2) is 0 Å². The average Bonchev–Trinajstić information content (AvgIpc) is 2.62. The second-order valence-corrected chi connectivity index (χ2v) is 7.33. The molecule has 3 N–H and O–H groups in total. The zero-order chi connectivity index (χ0) is 19.5. The highest BCUT2D eigenvalue weighted by Gasteiger charge is 2.13. The molecule has 0 fully saturated rings. The van der Waals surface area contributed by atoms with E-state index in [0.29, 0.717) is 6.42 Å². The highest BCUT2D eigenvalue weighted by Crippen LogP contribution is 2.13. The minimum Gasteiger partial charge on any atom is -0.480 e. The number of esters is 1. The van der Waals surface area contributed by atoms with Crippen LogP contribution in [0.1, 0.15) is 110 Å². The SMILES string of the molecule is CCCCCCCCCCCCCCCCCC(=O)OCC(N)C(=O)O. The second-order valence-electron chi connectivity index (χ2n) is 7.33. The molecule has 0 aromatic heterocycles. The fourth-order valence-corrected chi connectivity index (χ4v) is 2.97. The van der Waals surface area contributed by atoms with Crippen LogP contribution in [0.3, 0.4) is 0 Å². The number of unbranched alkanes of at least 4 members (excludes halogenated alkanes) is 14. The lowest BCUT2D eigenvalue weighted by Gasteiger charge is -2.07. The summed E-state index contributed by atoms with van der Waals surface area (Å²) in [6, 6.07) is -1.12. The quantitative estimate of drug-likeness (QED) is 0.240. The smallest absolute Gasteiger partial charge is 0.324 e. The number of hydrogen-bond donors (Lipinski definition) is 2. The maximum Gasteiger partial charge on any atom is 0.324 e. The van der Waals surface area contributed by atoms with Crippen LogP contribution in [0, 0.1) is 0 Å². The van der Waals surface area contributed by atoms with Crippen LogP contribution in [0.4, 0.5) is 0 Å². The van der Waals surface area contributed by atoms with E-state index in [1.807, 2.05) is 0 Å². The van der Waals surface area contributed by atoms with Crippen LogP contribution in [0.25, 0.3) is 0 Å². The van der Waals surface area contributed by atoms with Crippen LogP contribution >= 0.6 is 0 Å². The molecular weight excluding hydrogens is 330 g/mol. The Balaban J connectivity index is 3.19. The van der Waals surface area contributed by atoms with E-state index in [4.69, 9.17) is 15.6 Å². The molecule has 0 aliphatic carbocycles. The number of ether oxygens (including phenoxy) is 1. The molecule has 1 unspecified atom stereocenters. The summed E-state index contributed by atoms with van der Waals surface area (Å²) < 4.78 is 4.84. The van der Waals surface area contributed by atoms with E-state index in [2.05, 4.69) is 6.92 Å². The van der Waals surface area contributed by atoms with Gasteiger partial charge < -0.3 is 15.6 Å². The zero-order valence-corrected chi connectivity index (χ0v) is 16.8. The first-order valence-electron chi connectivity index (χ1n) is 10.7. The maximum atomic E-state index is 11.4. The molecule has 26 heavy (non-hydrogen) atoms. The average molecular weight is 372 g/mol. The fourth-order valence-electron chi connectivity index (χ4n) is 2.97. The van der Waals surface area contributed by atoms with Crippen molar-refractivity contribution in [2.24, 2.45) is 5.73 Å². The molecule has 154 valence electrons. The monoisotopic (exact) mass is 371 g/mol. The van der Waals surface area contributed by atoms with Crippen molar-refractivity contribution >= 4 is 11.9 Å². The number of carbonyl (C=O) groups is 2. The highest BCUT2D eigenvalue weighted by atomic mass is 16.5. The minimum atomic E-state index is -1.15. The van der Waals surface area contributed by atoms with Crippen molar-refractivity contribution in [3.8, 4) is 0 Å². The topological polar surface area (TPSA) is 89.6 Å². The molecule has 0 amide bonds. The van der Waals surface area contributed by atoms with Crippen LogP contribution in [-0.2, 0) is 14.3 Å². The first kappa shape index (κ1) is 24.9. The molecule has 5 heteroatoms. The number of carbonyl (C=O) groups excluding carboxylic acids is 1. The highest BCUT2D eigenvalue weighted by molar-refractivity contribution is 5.74. The van der Waals surface area contributed by atoms with Crippen LogP contribution in [0.2, 0.25) is 0 Å². The van der Waals surface area contributed by atoms with Crippen molar-refractivity contribution < 1.29 is 19.4 Å². The summed E-state index contributed by atoms with van der Waals surface area (Å²) >= 11 is 0. The molecule has 0 saturated carbocycles. The molecule has 0 spiro atoms. The standard InChI is InChI=1S/C21H41NO4/c1-2-3-4-5-6-7-8-9-10-11-12-13-14-15-16-17-20(23)26-18-19(22)21(24)25/h19H,2-18,22H2,1H3,(H,24,25). The second kappa shape index (κ2) is 18.7. The molecular formula is C21H41NO4. The molecule has 5 nitrogen and oxygen atoms in total. The minimum absolute atomic E-state index is 0.243. The summed E-state index contributed by atoms with van der Waals surface area (Å²) in [6.45, 7) is 2.02. The molecule has 0 rings (SSSR count). The summed E-state index contributed by atoms with van der Waals surface area (Å²) in [7, 11) is 0. The van der Waals surface area contributed by atoms with Gasteiger partial charge in [0.05, 0.1) is 0 Å². The first-order valence-corrected chi connectivity index (χ1v) is 10.7. The van der Waals surface area contributed by atoms with E-state index in [0.717, 1.165) is 19.3 Å². The van der Waals surface area contributed by atoms with E-state index in [1.165, 1.54) is 77.0 Å². The Hall–Kier alpha value is -1.10. The Morgan fingerprint density at radius 1 is 0.769 bits per heavy atom. The Kier molecular flexibility index (Phi) is 17.9. The van der Waals surface area contributed by atoms with Gasteiger partial charge in [-0.3, -0.25) is 9.59 Å². The van der Waals surface area contributed by atoms with E-state index in [1.54, 1.807) is 0 Å². The number of carboxylic acids is 1. The predicted molar refractivity (Wildman–Crippen MR) is 106 cm³/mol. The number of rotatable bonds is 19. The van der Waals surface area contributed by atoms with Gasteiger partial charge in [-0.2, -0.15) is 0 Å². The van der Waals surface area contributed by atoms with E-state index < -0.39 is 12.0 Å². The van der Waals surface area contributed by atoms with Crippen molar-refractivity contribution in [1.29, 1.82) is 0 Å². The molecule has 1 atom stereocenters. The summed E-state index contributed by atoms with van der Waals surface area (Å²) in [5, 5.41) is 8.60. The third-order valence-electron chi connectivity index (χ3n) is 4.73. The van der Waals surface area contributed by atoms with Crippen molar-refractivity contribution in [3.63, 3.8) is 0 Å². The lowest BCUT2D eigenvalue weighted by molar-refractivity contribution is -0.147. The summed E-state index contributed by atoms with van der Waals surface area (Å²) in [4.78, 5) is 21.9. The largest absolute Gasteiger partial charge is 0.480 e. The summed E-state index contributed by atoms with van der Waals surface area (Å²) in [5.41, 5.74) is 5.27. The summed E-state index contributed by atoms with van der Waals surface area (Å²) in [6.07, 6.45) is 19.6. The normalized spacial score (nSPS) is 12.1. The number of nitrogens with two attached hydrogens (primary N) is 1. The van der Waals surface area contributed by atoms with Crippen molar-refractivity contribution in [2.75, 3.05) is 6.61 Å². The Morgan fingerprint density at radius 2 is 1.15 bits per heavy atom. The molecule has 0 aliphatic rings. The molecule has 0 saturated heterocycles. The zero-order valence-electron chi connectivity index (χ0n) is 16.8. The van der Waals surface area contributed by atoms with Crippen LogP contribution < -0.4 is 5.73 Å². The lowest BCUT2D eigenvalue weighted by Crippen LogP contribution is -2.35. The van der Waals surface area contributed by atoms with Crippen molar-refractivity contribution in [1.82, 2.24) is 0 Å². The van der Waals surface area contributed by atoms with Gasteiger partial charge in [0, 0.05) is 6.42 Å². The fraction of sp³-hybridized carbons (Fsp3) is 0.905. The Morgan fingerprint density at radius 3 is 1.54 bits per heavy atom. The predicted octanol–water partition coefficient (Wildman–Crippen LogP) is 5.20. The number of hydrogen-bond acceptors (Lipinski definition) is 4. The van der Waals surface area contributed by atoms with Gasteiger partial charge in [-0.1, -0.05) is 96.8 Å². The van der Waals surface area contributed by atoms with Gasteiger partial charge in [-0.15, -0.1) is 0 Å². The van der Waals surface area contributed by atoms with Crippen molar-refractivity contribution in [3.05, 3.63) is 0 Å². The van der Waals surface area contributed by atoms with Gasteiger partial charge >= 0.3 is 11.9 Å². The Bertz CT molecular complexity index is 347. The van der Waals surface area contributed by atoms with Crippen molar-refractivity contribution in [2.45, 2.75) is 116 Å². The lowest BCUT2D eigenvalue weighted by atomic mass is 10.0.